The molecule has 3 atom stereocenters. The summed E-state index contributed by atoms with van der Waals surface area (Å²) in [6.07, 6.45) is 4.66. The Kier molecular flexibility index (Phi) is 5.78. The maximum atomic E-state index is 12.8. The first-order valence-corrected chi connectivity index (χ1v) is 10.6. The Morgan fingerprint density at radius 3 is 2.85 bits per heavy atom. The summed E-state index contributed by atoms with van der Waals surface area (Å²) in [7, 11) is -3.68. The van der Waals surface area contributed by atoms with Crippen molar-refractivity contribution in [3.05, 3.63) is 30.1 Å². The number of aromatic nitrogens is 1. The minimum absolute atomic E-state index is 0.0290. The molecule has 1 saturated heterocycles. The molecule has 27 heavy (non-hydrogen) atoms. The molecule has 1 saturated carbocycles. The first kappa shape index (κ1) is 19.7. The fourth-order valence-corrected chi connectivity index (χ4v) is 4.17. The molecule has 1 aliphatic carbocycles. The van der Waals surface area contributed by atoms with Crippen LogP contribution in [0.1, 0.15) is 17.9 Å². The van der Waals surface area contributed by atoms with Gasteiger partial charge in [0.05, 0.1) is 19.0 Å². The third kappa shape index (κ3) is 5.02. The van der Waals surface area contributed by atoms with Gasteiger partial charge in [0, 0.05) is 37.9 Å². The van der Waals surface area contributed by atoms with E-state index >= 15 is 0 Å². The summed E-state index contributed by atoms with van der Waals surface area (Å²) in [5.41, 5.74) is 1.05. The van der Waals surface area contributed by atoms with Crippen LogP contribution in [0.4, 0.5) is 0 Å². The predicted molar refractivity (Wildman–Crippen MR) is 95.5 cm³/mol. The first-order chi connectivity index (χ1) is 12.8. The molecule has 0 radical (unpaired) electrons. The van der Waals surface area contributed by atoms with E-state index in [-0.39, 0.29) is 30.8 Å². The molecule has 2 fully saturated rings. The van der Waals surface area contributed by atoms with Crippen molar-refractivity contribution < 1.29 is 27.9 Å². The van der Waals surface area contributed by atoms with E-state index in [1.807, 2.05) is 12.1 Å². The molecule has 1 aromatic rings. The second-order valence-electron chi connectivity index (χ2n) is 6.96. The monoisotopic (exact) mass is 397 g/mol. The van der Waals surface area contributed by atoms with Gasteiger partial charge in [-0.05, 0) is 24.0 Å². The average molecular weight is 397 g/mol. The molecule has 2 heterocycles. The summed E-state index contributed by atoms with van der Waals surface area (Å²) in [5.74, 6) is -1.12. The molecule has 1 aromatic heterocycles. The lowest BCUT2D eigenvalue weighted by atomic mass is 10.1. The second kappa shape index (κ2) is 7.91. The third-order valence-electron chi connectivity index (χ3n) is 4.86. The number of amides is 1. The van der Waals surface area contributed by atoms with Gasteiger partial charge in [-0.15, -0.1) is 0 Å². The molecule has 0 aromatic carbocycles. The number of rotatable bonds is 7. The summed E-state index contributed by atoms with van der Waals surface area (Å²) in [6, 6.07) is 3.81. The summed E-state index contributed by atoms with van der Waals surface area (Å²) < 4.78 is 30.0. The van der Waals surface area contributed by atoms with E-state index in [1.54, 1.807) is 17.3 Å². The second-order valence-corrected chi connectivity index (χ2v) is 8.94. The summed E-state index contributed by atoms with van der Waals surface area (Å²) in [4.78, 5) is 29.5. The molecular formula is C17H23N3O6S. The molecule has 3 rings (SSSR count). The summed E-state index contributed by atoms with van der Waals surface area (Å²) in [6.45, 7) is 0.277. The zero-order valence-corrected chi connectivity index (χ0v) is 15.8. The van der Waals surface area contributed by atoms with Gasteiger partial charge in [0.1, 0.15) is 6.54 Å². The Hall–Kier alpha value is -2.04. The molecule has 148 valence electrons. The van der Waals surface area contributed by atoms with Crippen molar-refractivity contribution in [2.45, 2.75) is 18.4 Å². The number of pyridine rings is 1. The van der Waals surface area contributed by atoms with Crippen LogP contribution in [0.3, 0.4) is 0 Å². The molecule has 2 aliphatic rings. The van der Waals surface area contributed by atoms with Crippen molar-refractivity contribution in [1.29, 1.82) is 0 Å². The van der Waals surface area contributed by atoms with Crippen LogP contribution in [-0.4, -0.2) is 84.7 Å². The molecular weight excluding hydrogens is 374 g/mol. The highest BCUT2D eigenvalue weighted by Gasteiger charge is 2.46. The van der Waals surface area contributed by atoms with Gasteiger partial charge in [0.15, 0.2) is 0 Å². The van der Waals surface area contributed by atoms with Crippen LogP contribution in [0.25, 0.3) is 0 Å². The Morgan fingerprint density at radius 1 is 1.44 bits per heavy atom. The van der Waals surface area contributed by atoms with E-state index in [0.717, 1.165) is 22.5 Å². The lowest BCUT2D eigenvalue weighted by Gasteiger charge is -2.35. The maximum absolute atomic E-state index is 12.8. The van der Waals surface area contributed by atoms with Crippen molar-refractivity contribution >= 4 is 21.9 Å². The number of carboxylic acid groups (broad SMARTS) is 1. The van der Waals surface area contributed by atoms with Crippen LogP contribution < -0.4 is 0 Å². The van der Waals surface area contributed by atoms with E-state index in [1.165, 1.54) is 0 Å². The average Bonchev–Trinajstić information content (AvgIpc) is 3.41. The maximum Gasteiger partial charge on any atom is 0.318 e. The van der Waals surface area contributed by atoms with E-state index < -0.39 is 28.6 Å². The van der Waals surface area contributed by atoms with Crippen LogP contribution in [0.2, 0.25) is 0 Å². The number of carbonyl (C=O) groups is 2. The molecule has 9 nitrogen and oxygen atoms in total. The highest BCUT2D eigenvalue weighted by atomic mass is 32.2. The van der Waals surface area contributed by atoms with E-state index in [0.29, 0.717) is 13.2 Å². The highest BCUT2D eigenvalue weighted by Crippen LogP contribution is 2.48. The lowest BCUT2D eigenvalue weighted by molar-refractivity contribution is -0.142. The number of aliphatic carboxylic acids is 1. The smallest absolute Gasteiger partial charge is 0.318 e. The van der Waals surface area contributed by atoms with E-state index in [9.17, 15) is 18.0 Å². The largest absolute Gasteiger partial charge is 0.480 e. The summed E-state index contributed by atoms with van der Waals surface area (Å²) in [5, 5.41) is 8.92. The van der Waals surface area contributed by atoms with Crippen molar-refractivity contribution in [2.75, 3.05) is 39.0 Å². The normalized spacial score (nSPS) is 25.4. The number of sulfonamides is 1. The number of carbonyl (C=O) groups excluding carboxylic acids is 1. The molecule has 10 heteroatoms. The van der Waals surface area contributed by atoms with Gasteiger partial charge >= 0.3 is 5.97 Å². The van der Waals surface area contributed by atoms with E-state index in [2.05, 4.69) is 4.98 Å². The molecule has 0 unspecified atom stereocenters. The van der Waals surface area contributed by atoms with Crippen molar-refractivity contribution in [3.63, 3.8) is 0 Å². The highest BCUT2D eigenvalue weighted by molar-refractivity contribution is 7.88. The van der Waals surface area contributed by atoms with Gasteiger partial charge < -0.3 is 14.7 Å². The van der Waals surface area contributed by atoms with E-state index in [4.69, 9.17) is 9.84 Å². The Morgan fingerprint density at radius 2 is 2.22 bits per heavy atom. The van der Waals surface area contributed by atoms with Crippen molar-refractivity contribution in [3.8, 4) is 0 Å². The fourth-order valence-electron chi connectivity index (χ4n) is 3.39. The Bertz CT molecular complexity index is 800. The van der Waals surface area contributed by atoms with Crippen molar-refractivity contribution in [2.24, 2.45) is 5.92 Å². The summed E-state index contributed by atoms with van der Waals surface area (Å²) >= 11 is 0. The molecule has 1 N–H and O–H groups in total. The zero-order chi connectivity index (χ0) is 19.6. The first-order valence-electron chi connectivity index (χ1n) is 8.73. The van der Waals surface area contributed by atoms with Gasteiger partial charge in [0.2, 0.25) is 15.9 Å². The zero-order valence-electron chi connectivity index (χ0n) is 15.0. The van der Waals surface area contributed by atoms with Crippen LogP contribution in [0.15, 0.2) is 24.5 Å². The SMILES string of the molecule is CS(=O)(=O)N(CC(=O)O)C[C@@H]1CN(C(=O)[C@H]2C[C@@H]2c2cccnc2)CCO1. The fraction of sp³-hybridized carbons (Fsp3) is 0.588. The molecule has 1 amide bonds. The Balaban J connectivity index is 1.59. The number of hydrogen-bond acceptors (Lipinski definition) is 6. The van der Waals surface area contributed by atoms with Gasteiger partial charge in [-0.1, -0.05) is 6.07 Å². The topological polar surface area (TPSA) is 117 Å². The standard InChI is InChI=1S/C17H23N3O6S/c1-27(24,25)20(11-16(21)22)10-13-9-19(5-6-26-13)17(23)15-7-14(15)12-3-2-4-18-8-12/h2-4,8,13-15H,5-7,9-11H2,1H3,(H,21,22)/t13-,14+,15-/m0/s1. The van der Waals surface area contributed by atoms with Crippen LogP contribution in [-0.2, 0) is 24.3 Å². The minimum Gasteiger partial charge on any atom is -0.480 e. The number of morpholine rings is 1. The number of carboxylic acids is 1. The number of hydrogen-bond donors (Lipinski definition) is 1. The molecule has 1 aliphatic heterocycles. The van der Waals surface area contributed by atoms with Gasteiger partial charge in [-0.25, -0.2) is 8.42 Å². The van der Waals surface area contributed by atoms with Gasteiger partial charge in [0.25, 0.3) is 0 Å². The molecule has 0 spiro atoms. The van der Waals surface area contributed by atoms with Crippen molar-refractivity contribution in [1.82, 2.24) is 14.2 Å². The minimum atomic E-state index is -3.68. The third-order valence-corrected chi connectivity index (χ3v) is 6.07. The van der Waals surface area contributed by atoms with Crippen LogP contribution in [0.5, 0.6) is 0 Å². The van der Waals surface area contributed by atoms with Gasteiger partial charge in [-0.3, -0.25) is 14.6 Å². The Labute approximate surface area is 158 Å². The molecule has 0 bridgehead atoms. The lowest BCUT2D eigenvalue weighted by Crippen LogP contribution is -2.51. The number of ether oxygens (including phenoxy) is 1. The van der Waals surface area contributed by atoms with Gasteiger partial charge in [-0.2, -0.15) is 4.31 Å². The van der Waals surface area contributed by atoms with Crippen LogP contribution in [0, 0.1) is 5.92 Å². The predicted octanol–water partition coefficient (Wildman–Crippen LogP) is -0.241. The quantitative estimate of drug-likeness (QED) is 0.675. The number of nitrogens with zero attached hydrogens (tertiary/aromatic N) is 3. The van der Waals surface area contributed by atoms with Crippen LogP contribution >= 0.6 is 0 Å².